The quantitative estimate of drug-likeness (QED) is 0.919. The Bertz CT molecular complexity index is 685. The van der Waals surface area contributed by atoms with Gasteiger partial charge in [-0.1, -0.05) is 23.9 Å². The first kappa shape index (κ1) is 12.9. The highest BCUT2D eigenvalue weighted by Gasteiger charge is 2.21. The second-order valence-electron chi connectivity index (χ2n) is 4.26. The minimum Gasteiger partial charge on any atom is -0.493 e. The summed E-state index contributed by atoms with van der Waals surface area (Å²) in [5.41, 5.74) is 1.40. The second kappa shape index (κ2) is 5.09. The molecule has 0 fully saturated rings. The summed E-state index contributed by atoms with van der Waals surface area (Å²) in [7, 11) is 3.17. The molecule has 1 amide bonds. The van der Waals surface area contributed by atoms with Crippen LogP contribution < -0.4 is 14.8 Å². The van der Waals surface area contributed by atoms with E-state index in [1.165, 1.54) is 11.8 Å². The summed E-state index contributed by atoms with van der Waals surface area (Å²) < 4.78 is 10.6. The van der Waals surface area contributed by atoms with Gasteiger partial charge in [-0.05, 0) is 12.1 Å². The van der Waals surface area contributed by atoms with Crippen molar-refractivity contribution in [1.82, 2.24) is 0 Å². The van der Waals surface area contributed by atoms with E-state index in [0.29, 0.717) is 17.1 Å². The maximum absolute atomic E-state index is 12.2. The molecule has 0 atom stereocenters. The third-order valence-electron chi connectivity index (χ3n) is 3.09. The number of rotatable bonds is 2. The number of carbonyl (C=O) groups is 1. The Labute approximate surface area is 121 Å². The molecule has 0 spiro atoms. The highest BCUT2D eigenvalue weighted by Crippen LogP contribution is 2.43. The Kier molecular flexibility index (Phi) is 3.28. The molecule has 0 unspecified atom stereocenters. The molecule has 1 aliphatic heterocycles. The van der Waals surface area contributed by atoms with Crippen molar-refractivity contribution in [2.24, 2.45) is 0 Å². The maximum Gasteiger partial charge on any atom is 0.256 e. The predicted octanol–water partition coefficient (Wildman–Crippen LogP) is 3.42. The Morgan fingerprint density at radius 2 is 1.70 bits per heavy atom. The first-order chi connectivity index (χ1) is 9.72. The fourth-order valence-electron chi connectivity index (χ4n) is 2.09. The molecule has 3 rings (SSSR count). The molecule has 1 heterocycles. The van der Waals surface area contributed by atoms with Crippen molar-refractivity contribution in [2.45, 2.75) is 9.79 Å². The Morgan fingerprint density at radius 1 is 1.00 bits per heavy atom. The zero-order chi connectivity index (χ0) is 14.1. The van der Waals surface area contributed by atoms with E-state index in [9.17, 15) is 4.79 Å². The van der Waals surface area contributed by atoms with Crippen molar-refractivity contribution in [3.8, 4) is 11.5 Å². The molecule has 2 aromatic carbocycles. The van der Waals surface area contributed by atoms with Gasteiger partial charge in [-0.2, -0.15) is 0 Å². The van der Waals surface area contributed by atoms with Crippen LogP contribution in [0.4, 0.5) is 5.69 Å². The van der Waals surface area contributed by atoms with Crippen LogP contribution in [0, 0.1) is 0 Å². The molecular formula is C15H13NO3S. The number of carbonyl (C=O) groups excluding carboxylic acids is 1. The van der Waals surface area contributed by atoms with Crippen LogP contribution in [0.5, 0.6) is 11.5 Å². The number of anilines is 1. The average molecular weight is 287 g/mol. The van der Waals surface area contributed by atoms with Gasteiger partial charge in [0.05, 0.1) is 25.5 Å². The normalized spacial score (nSPS) is 12.8. The lowest BCUT2D eigenvalue weighted by Crippen LogP contribution is -2.11. The molecule has 0 saturated heterocycles. The highest BCUT2D eigenvalue weighted by molar-refractivity contribution is 7.99. The SMILES string of the molecule is COc1cc2c(cc1OC)Sc1ccccc1C(=O)N2. The Balaban J connectivity index is 2.14. The molecule has 0 aliphatic carbocycles. The summed E-state index contributed by atoms with van der Waals surface area (Å²) in [6, 6.07) is 11.2. The van der Waals surface area contributed by atoms with Crippen LogP contribution >= 0.6 is 11.8 Å². The van der Waals surface area contributed by atoms with E-state index in [1.807, 2.05) is 30.3 Å². The van der Waals surface area contributed by atoms with E-state index in [-0.39, 0.29) is 5.91 Å². The van der Waals surface area contributed by atoms with Crippen LogP contribution in [0.1, 0.15) is 10.4 Å². The van der Waals surface area contributed by atoms with Crippen LogP contribution in [-0.4, -0.2) is 20.1 Å². The molecule has 1 N–H and O–H groups in total. The van der Waals surface area contributed by atoms with Crippen LogP contribution in [-0.2, 0) is 0 Å². The van der Waals surface area contributed by atoms with Crippen LogP contribution in [0.3, 0.4) is 0 Å². The number of nitrogens with one attached hydrogen (secondary N) is 1. The lowest BCUT2D eigenvalue weighted by atomic mass is 10.2. The maximum atomic E-state index is 12.2. The molecule has 102 valence electrons. The monoisotopic (exact) mass is 287 g/mol. The number of hydrogen-bond donors (Lipinski definition) is 1. The first-order valence-electron chi connectivity index (χ1n) is 6.07. The van der Waals surface area contributed by atoms with Gasteiger partial charge in [-0.15, -0.1) is 0 Å². The number of hydrogen-bond acceptors (Lipinski definition) is 4. The van der Waals surface area contributed by atoms with Crippen molar-refractivity contribution < 1.29 is 14.3 Å². The van der Waals surface area contributed by atoms with Gasteiger partial charge in [0.1, 0.15) is 0 Å². The van der Waals surface area contributed by atoms with E-state index < -0.39 is 0 Å². The zero-order valence-electron chi connectivity index (χ0n) is 11.1. The van der Waals surface area contributed by atoms with Crippen molar-refractivity contribution in [3.63, 3.8) is 0 Å². The van der Waals surface area contributed by atoms with E-state index in [4.69, 9.17) is 9.47 Å². The van der Waals surface area contributed by atoms with Crippen molar-refractivity contribution in [1.29, 1.82) is 0 Å². The largest absolute Gasteiger partial charge is 0.493 e. The number of methoxy groups -OCH3 is 2. The summed E-state index contributed by atoms with van der Waals surface area (Å²) in [4.78, 5) is 14.1. The van der Waals surface area contributed by atoms with E-state index in [1.54, 1.807) is 20.3 Å². The van der Waals surface area contributed by atoms with Crippen LogP contribution in [0.15, 0.2) is 46.2 Å². The minimum atomic E-state index is -0.112. The predicted molar refractivity (Wildman–Crippen MR) is 78.1 cm³/mol. The Hall–Kier alpha value is -2.14. The summed E-state index contributed by atoms with van der Waals surface area (Å²) >= 11 is 1.54. The lowest BCUT2D eigenvalue weighted by molar-refractivity contribution is 0.102. The van der Waals surface area contributed by atoms with Gasteiger partial charge in [0, 0.05) is 21.9 Å². The molecule has 0 radical (unpaired) electrons. The van der Waals surface area contributed by atoms with Gasteiger partial charge in [-0.3, -0.25) is 4.79 Å². The van der Waals surface area contributed by atoms with Crippen molar-refractivity contribution in [2.75, 3.05) is 19.5 Å². The van der Waals surface area contributed by atoms with Crippen LogP contribution in [0.25, 0.3) is 0 Å². The molecule has 5 heteroatoms. The first-order valence-corrected chi connectivity index (χ1v) is 6.89. The van der Waals surface area contributed by atoms with Crippen LogP contribution in [0.2, 0.25) is 0 Å². The topological polar surface area (TPSA) is 47.6 Å². The average Bonchev–Trinajstić information content (AvgIpc) is 2.61. The highest BCUT2D eigenvalue weighted by atomic mass is 32.2. The molecule has 4 nitrogen and oxygen atoms in total. The number of fused-ring (bicyclic) bond motifs is 2. The van der Waals surface area contributed by atoms with Gasteiger partial charge in [0.2, 0.25) is 0 Å². The summed E-state index contributed by atoms with van der Waals surface area (Å²) in [5.74, 6) is 1.13. The molecule has 0 bridgehead atoms. The fourth-order valence-corrected chi connectivity index (χ4v) is 3.13. The van der Waals surface area contributed by atoms with Crippen molar-refractivity contribution in [3.05, 3.63) is 42.0 Å². The fraction of sp³-hybridized carbons (Fsp3) is 0.133. The molecule has 1 aliphatic rings. The van der Waals surface area contributed by atoms with Gasteiger partial charge in [0.15, 0.2) is 11.5 Å². The van der Waals surface area contributed by atoms with Gasteiger partial charge >= 0.3 is 0 Å². The van der Waals surface area contributed by atoms with E-state index in [0.717, 1.165) is 15.5 Å². The van der Waals surface area contributed by atoms with E-state index in [2.05, 4.69) is 5.32 Å². The third-order valence-corrected chi connectivity index (χ3v) is 4.22. The summed E-state index contributed by atoms with van der Waals surface area (Å²) in [6.07, 6.45) is 0. The Morgan fingerprint density at radius 3 is 2.45 bits per heavy atom. The molecule has 0 aromatic heterocycles. The van der Waals surface area contributed by atoms with Crippen molar-refractivity contribution >= 4 is 23.4 Å². The van der Waals surface area contributed by atoms with Gasteiger partial charge in [-0.25, -0.2) is 0 Å². The standard InChI is InChI=1S/C15H13NO3S/c1-18-11-7-10-14(8-12(11)19-2)20-13-6-4-3-5-9(13)15(17)16-10/h3-8H,1-2H3,(H,16,17). The minimum absolute atomic E-state index is 0.112. The number of amides is 1. The molecular weight excluding hydrogens is 274 g/mol. The molecule has 2 aromatic rings. The zero-order valence-corrected chi connectivity index (χ0v) is 11.9. The molecule has 20 heavy (non-hydrogen) atoms. The third kappa shape index (κ3) is 2.10. The lowest BCUT2D eigenvalue weighted by Gasteiger charge is -2.12. The van der Waals surface area contributed by atoms with Gasteiger partial charge < -0.3 is 14.8 Å². The molecule has 0 saturated carbocycles. The van der Waals surface area contributed by atoms with Gasteiger partial charge in [0.25, 0.3) is 5.91 Å². The summed E-state index contributed by atoms with van der Waals surface area (Å²) in [5, 5.41) is 2.91. The van der Waals surface area contributed by atoms with E-state index >= 15 is 0 Å². The number of ether oxygens (including phenoxy) is 2. The summed E-state index contributed by atoms with van der Waals surface area (Å²) in [6.45, 7) is 0. The number of benzene rings is 2. The second-order valence-corrected chi connectivity index (χ2v) is 5.34. The smallest absolute Gasteiger partial charge is 0.256 e.